The molecule has 0 spiro atoms. The molecule has 3 heteroatoms. The maximum atomic E-state index is 12.0. The number of pyridine rings is 1. The summed E-state index contributed by atoms with van der Waals surface area (Å²) < 4.78 is 0. The number of aromatic nitrogens is 1. The number of rotatable bonds is 2. The summed E-state index contributed by atoms with van der Waals surface area (Å²) in [5.74, 6) is -0.809. The summed E-state index contributed by atoms with van der Waals surface area (Å²) in [5.41, 5.74) is 4.60. The number of benzene rings is 4. The summed E-state index contributed by atoms with van der Waals surface area (Å²) in [5, 5.41) is 15.6. The summed E-state index contributed by atoms with van der Waals surface area (Å²) in [6, 6.07) is 26.7. The first-order valence-electron chi connectivity index (χ1n) is 10.8. The fourth-order valence-corrected chi connectivity index (χ4v) is 5.27. The van der Waals surface area contributed by atoms with Gasteiger partial charge in [-0.05, 0) is 64.1 Å². The first kappa shape index (κ1) is 18.1. The van der Waals surface area contributed by atoms with Crippen molar-refractivity contribution in [3.8, 4) is 0 Å². The van der Waals surface area contributed by atoms with Gasteiger partial charge < -0.3 is 5.11 Å². The SMILES string of the molecule is O=C(O)c1cc(C2CCCc3ccc4c(ccc5ccccc54)c32)nc2ccccc12. The fraction of sp³-hybridized carbons (Fsp3) is 0.143. The number of carbonyl (C=O) groups is 1. The molecule has 1 atom stereocenters. The molecule has 4 aromatic carbocycles. The number of hydrogen-bond donors (Lipinski definition) is 1. The fourth-order valence-electron chi connectivity index (χ4n) is 5.27. The Morgan fingerprint density at radius 1 is 0.839 bits per heavy atom. The first-order chi connectivity index (χ1) is 15.2. The highest BCUT2D eigenvalue weighted by Crippen LogP contribution is 2.42. The first-order valence-corrected chi connectivity index (χ1v) is 10.8. The maximum absolute atomic E-state index is 12.0. The Bertz CT molecular complexity index is 1500. The molecule has 1 aromatic heterocycles. The van der Waals surface area contributed by atoms with E-state index in [1.54, 1.807) is 6.07 Å². The zero-order valence-corrected chi connectivity index (χ0v) is 17.0. The molecule has 1 heterocycles. The van der Waals surface area contributed by atoms with Crippen LogP contribution < -0.4 is 0 Å². The molecule has 0 saturated carbocycles. The van der Waals surface area contributed by atoms with Gasteiger partial charge in [0.1, 0.15) is 0 Å². The van der Waals surface area contributed by atoms with Crippen LogP contribution in [-0.2, 0) is 6.42 Å². The minimum atomic E-state index is -0.903. The molecule has 0 fully saturated rings. The van der Waals surface area contributed by atoms with Crippen molar-refractivity contribution in [1.29, 1.82) is 0 Å². The molecule has 3 nitrogen and oxygen atoms in total. The van der Waals surface area contributed by atoms with Gasteiger partial charge in [0.2, 0.25) is 0 Å². The quantitative estimate of drug-likeness (QED) is 0.333. The highest BCUT2D eigenvalue weighted by atomic mass is 16.4. The summed E-state index contributed by atoms with van der Waals surface area (Å²) in [4.78, 5) is 17.0. The van der Waals surface area contributed by atoms with E-state index in [2.05, 4.69) is 48.5 Å². The number of hydrogen-bond acceptors (Lipinski definition) is 2. The zero-order valence-electron chi connectivity index (χ0n) is 17.0. The number of carboxylic acids is 1. The van der Waals surface area contributed by atoms with Gasteiger partial charge in [-0.25, -0.2) is 4.79 Å². The smallest absolute Gasteiger partial charge is 0.336 e. The van der Waals surface area contributed by atoms with Crippen LogP contribution in [0.1, 0.15) is 45.9 Å². The second-order valence-electron chi connectivity index (χ2n) is 8.38. The van der Waals surface area contributed by atoms with E-state index in [1.807, 2.05) is 24.3 Å². The van der Waals surface area contributed by atoms with Crippen molar-refractivity contribution < 1.29 is 9.90 Å². The molecule has 0 radical (unpaired) electrons. The highest BCUT2D eigenvalue weighted by Gasteiger charge is 2.27. The monoisotopic (exact) mass is 403 g/mol. The normalized spacial score (nSPS) is 15.9. The van der Waals surface area contributed by atoms with Crippen LogP contribution >= 0.6 is 0 Å². The van der Waals surface area contributed by atoms with Crippen molar-refractivity contribution in [2.24, 2.45) is 0 Å². The van der Waals surface area contributed by atoms with Crippen molar-refractivity contribution in [3.63, 3.8) is 0 Å². The van der Waals surface area contributed by atoms with E-state index in [-0.39, 0.29) is 5.92 Å². The summed E-state index contributed by atoms with van der Waals surface area (Å²) in [6.07, 6.45) is 3.10. The van der Waals surface area contributed by atoms with Gasteiger partial charge in [-0.15, -0.1) is 0 Å². The van der Waals surface area contributed by atoms with E-state index >= 15 is 0 Å². The van der Waals surface area contributed by atoms with E-state index in [1.165, 1.54) is 32.7 Å². The Hall–Kier alpha value is -3.72. The average molecular weight is 403 g/mol. The number of nitrogens with zero attached hydrogens (tertiary/aromatic N) is 1. The van der Waals surface area contributed by atoms with Gasteiger partial charge in [0.25, 0.3) is 0 Å². The summed E-state index contributed by atoms with van der Waals surface area (Å²) in [6.45, 7) is 0. The number of aryl methyl sites for hydroxylation is 1. The van der Waals surface area contributed by atoms with Crippen molar-refractivity contribution in [2.75, 3.05) is 0 Å². The molecule has 150 valence electrons. The van der Waals surface area contributed by atoms with Crippen molar-refractivity contribution in [3.05, 3.63) is 101 Å². The summed E-state index contributed by atoms with van der Waals surface area (Å²) >= 11 is 0. The van der Waals surface area contributed by atoms with E-state index in [9.17, 15) is 9.90 Å². The Labute approximate surface area is 180 Å². The van der Waals surface area contributed by atoms with Gasteiger partial charge in [-0.2, -0.15) is 0 Å². The minimum absolute atomic E-state index is 0.0938. The standard InChI is InChI=1S/C28H21NO2/c30-28(31)24-16-26(29-25-11-4-3-9-21(24)25)23-10-5-7-18-13-14-20-19-8-2-1-6-17(19)12-15-22(20)27(18)23/h1-4,6,8-9,11-16,23H,5,7,10H2,(H,30,31). The molecular formula is C28H21NO2. The second-order valence-corrected chi connectivity index (χ2v) is 8.38. The van der Waals surface area contributed by atoms with Gasteiger partial charge in [0.15, 0.2) is 0 Å². The van der Waals surface area contributed by atoms with Crippen molar-refractivity contribution >= 4 is 38.4 Å². The Morgan fingerprint density at radius 3 is 2.48 bits per heavy atom. The Balaban J connectivity index is 1.64. The number of aromatic carboxylic acids is 1. The van der Waals surface area contributed by atoms with Crippen LogP contribution in [0, 0.1) is 0 Å². The average Bonchev–Trinajstić information content (AvgIpc) is 2.82. The molecule has 0 amide bonds. The lowest BCUT2D eigenvalue weighted by Gasteiger charge is -2.28. The van der Waals surface area contributed by atoms with Crippen LogP contribution in [-0.4, -0.2) is 16.1 Å². The lowest BCUT2D eigenvalue weighted by molar-refractivity contribution is 0.0699. The molecule has 1 aliphatic carbocycles. The molecule has 31 heavy (non-hydrogen) atoms. The summed E-state index contributed by atoms with van der Waals surface area (Å²) in [7, 11) is 0. The largest absolute Gasteiger partial charge is 0.478 e. The predicted molar refractivity (Wildman–Crippen MR) is 125 cm³/mol. The van der Waals surface area contributed by atoms with Gasteiger partial charge in [-0.3, -0.25) is 4.98 Å². The maximum Gasteiger partial charge on any atom is 0.336 e. The van der Waals surface area contributed by atoms with Crippen LogP contribution in [0.15, 0.2) is 78.9 Å². The topological polar surface area (TPSA) is 50.2 Å². The van der Waals surface area contributed by atoms with Crippen LogP contribution in [0.3, 0.4) is 0 Å². The molecule has 0 saturated heterocycles. The molecule has 0 bridgehead atoms. The second kappa shape index (κ2) is 6.92. The van der Waals surface area contributed by atoms with Gasteiger partial charge >= 0.3 is 5.97 Å². The minimum Gasteiger partial charge on any atom is -0.478 e. The third-order valence-corrected chi connectivity index (χ3v) is 6.67. The number of fused-ring (bicyclic) bond motifs is 6. The van der Waals surface area contributed by atoms with E-state index in [0.29, 0.717) is 10.9 Å². The van der Waals surface area contributed by atoms with Gasteiger partial charge in [0.05, 0.1) is 11.1 Å². The van der Waals surface area contributed by atoms with Crippen LogP contribution in [0.4, 0.5) is 0 Å². The van der Waals surface area contributed by atoms with E-state index in [0.717, 1.165) is 30.5 Å². The van der Waals surface area contributed by atoms with E-state index in [4.69, 9.17) is 4.98 Å². The molecular weight excluding hydrogens is 382 g/mol. The lowest BCUT2D eigenvalue weighted by atomic mass is 9.77. The highest BCUT2D eigenvalue weighted by molar-refractivity contribution is 6.09. The van der Waals surface area contributed by atoms with Gasteiger partial charge in [-0.1, -0.05) is 66.7 Å². The zero-order chi connectivity index (χ0) is 20.9. The Kier molecular flexibility index (Phi) is 4.03. The van der Waals surface area contributed by atoms with Crippen LogP contribution in [0.25, 0.3) is 32.4 Å². The lowest BCUT2D eigenvalue weighted by Crippen LogP contribution is -2.14. The number of para-hydroxylation sites is 1. The van der Waals surface area contributed by atoms with Crippen LogP contribution in [0.5, 0.6) is 0 Å². The molecule has 1 aliphatic rings. The third kappa shape index (κ3) is 2.81. The predicted octanol–water partition coefficient (Wildman–Crippen LogP) is 6.71. The van der Waals surface area contributed by atoms with Crippen LogP contribution in [0.2, 0.25) is 0 Å². The number of carboxylic acid groups (broad SMARTS) is 1. The molecule has 6 rings (SSSR count). The molecule has 0 aliphatic heterocycles. The molecule has 1 unspecified atom stereocenters. The Morgan fingerprint density at radius 2 is 1.61 bits per heavy atom. The molecule has 1 N–H and O–H groups in total. The van der Waals surface area contributed by atoms with Crippen molar-refractivity contribution in [2.45, 2.75) is 25.2 Å². The third-order valence-electron chi connectivity index (χ3n) is 6.67. The van der Waals surface area contributed by atoms with E-state index < -0.39 is 5.97 Å². The molecule has 5 aromatic rings. The van der Waals surface area contributed by atoms with Crippen molar-refractivity contribution in [1.82, 2.24) is 4.98 Å². The van der Waals surface area contributed by atoms with Gasteiger partial charge in [0, 0.05) is 17.0 Å².